The Hall–Kier alpha value is -2.34. The fourth-order valence-corrected chi connectivity index (χ4v) is 3.25. The van der Waals surface area contributed by atoms with E-state index >= 15 is 0 Å². The lowest BCUT2D eigenvalue weighted by Gasteiger charge is -2.30. The van der Waals surface area contributed by atoms with Gasteiger partial charge in [0.15, 0.2) is 0 Å². The summed E-state index contributed by atoms with van der Waals surface area (Å²) < 4.78 is 38.3. The summed E-state index contributed by atoms with van der Waals surface area (Å²) in [5.41, 5.74) is 0.979. The summed E-state index contributed by atoms with van der Waals surface area (Å²) in [6.45, 7) is 3.79. The minimum Gasteiger partial charge on any atom is -0.349 e. The molecule has 0 spiro atoms. The van der Waals surface area contributed by atoms with Gasteiger partial charge < -0.3 is 10.6 Å². The van der Waals surface area contributed by atoms with E-state index < -0.39 is 11.7 Å². The van der Waals surface area contributed by atoms with Gasteiger partial charge >= 0.3 is 6.18 Å². The van der Waals surface area contributed by atoms with Gasteiger partial charge in [0.25, 0.3) is 5.91 Å². The van der Waals surface area contributed by atoms with E-state index in [0.717, 1.165) is 31.6 Å². The Labute approximate surface area is 150 Å². The predicted molar refractivity (Wildman–Crippen MR) is 94.8 cm³/mol. The summed E-state index contributed by atoms with van der Waals surface area (Å²) in [7, 11) is 0. The van der Waals surface area contributed by atoms with Gasteiger partial charge in [-0.25, -0.2) is 0 Å². The molecule has 0 bridgehead atoms. The minimum atomic E-state index is -4.37. The van der Waals surface area contributed by atoms with Crippen molar-refractivity contribution in [3.8, 4) is 11.1 Å². The third kappa shape index (κ3) is 4.07. The molecule has 1 aliphatic rings. The summed E-state index contributed by atoms with van der Waals surface area (Å²) in [5, 5.41) is 6.36. The summed E-state index contributed by atoms with van der Waals surface area (Å²) in [4.78, 5) is 12.8. The van der Waals surface area contributed by atoms with Gasteiger partial charge in [-0.3, -0.25) is 4.79 Å². The van der Waals surface area contributed by atoms with Crippen LogP contribution in [0.2, 0.25) is 0 Å². The summed E-state index contributed by atoms with van der Waals surface area (Å²) in [6, 6.07) is 12.0. The van der Waals surface area contributed by atoms with Gasteiger partial charge in [0, 0.05) is 11.6 Å². The second-order valence-corrected chi connectivity index (χ2v) is 6.67. The number of alkyl halides is 3. The second-order valence-electron chi connectivity index (χ2n) is 6.67. The van der Waals surface area contributed by atoms with Gasteiger partial charge in [0.1, 0.15) is 0 Å². The number of nitrogens with one attached hydrogen (secondary N) is 2. The maximum Gasteiger partial charge on any atom is 0.416 e. The maximum atomic E-state index is 12.8. The van der Waals surface area contributed by atoms with Crippen LogP contribution in [0, 0.1) is 5.92 Å². The number of benzene rings is 2. The van der Waals surface area contributed by atoms with Crippen molar-refractivity contribution in [1.29, 1.82) is 0 Å². The zero-order valence-electron chi connectivity index (χ0n) is 14.4. The maximum absolute atomic E-state index is 12.8. The highest BCUT2D eigenvalue weighted by Gasteiger charge is 2.30. The van der Waals surface area contributed by atoms with Crippen molar-refractivity contribution in [1.82, 2.24) is 10.6 Å². The fourth-order valence-electron chi connectivity index (χ4n) is 3.25. The number of hydrogen-bond donors (Lipinski definition) is 2. The smallest absolute Gasteiger partial charge is 0.349 e. The Morgan fingerprint density at radius 3 is 2.46 bits per heavy atom. The Morgan fingerprint density at radius 2 is 1.81 bits per heavy atom. The van der Waals surface area contributed by atoms with Crippen LogP contribution in [0.25, 0.3) is 11.1 Å². The van der Waals surface area contributed by atoms with Crippen molar-refractivity contribution < 1.29 is 18.0 Å². The molecule has 1 saturated heterocycles. The Balaban J connectivity index is 1.85. The van der Waals surface area contributed by atoms with Crippen LogP contribution in [0.15, 0.2) is 48.5 Å². The van der Waals surface area contributed by atoms with Crippen LogP contribution in [-0.4, -0.2) is 25.0 Å². The average Bonchev–Trinajstić information content (AvgIpc) is 2.63. The van der Waals surface area contributed by atoms with Crippen molar-refractivity contribution in [2.45, 2.75) is 25.6 Å². The van der Waals surface area contributed by atoms with Gasteiger partial charge in [-0.1, -0.05) is 37.3 Å². The monoisotopic (exact) mass is 362 g/mol. The molecule has 3 rings (SSSR count). The SMILES string of the molecule is CC1CNCCC1NC(=O)c1ccccc1-c1ccc(C(F)(F)F)cc1. The molecule has 2 aromatic rings. The molecule has 2 aromatic carbocycles. The Kier molecular flexibility index (Phi) is 5.32. The van der Waals surface area contributed by atoms with E-state index in [9.17, 15) is 18.0 Å². The lowest BCUT2D eigenvalue weighted by molar-refractivity contribution is -0.137. The van der Waals surface area contributed by atoms with Gasteiger partial charge in [-0.15, -0.1) is 0 Å². The third-order valence-corrected chi connectivity index (χ3v) is 4.80. The van der Waals surface area contributed by atoms with E-state index in [1.165, 1.54) is 12.1 Å². The van der Waals surface area contributed by atoms with Crippen LogP contribution < -0.4 is 10.6 Å². The van der Waals surface area contributed by atoms with Crippen molar-refractivity contribution in [3.05, 3.63) is 59.7 Å². The van der Waals surface area contributed by atoms with Gasteiger partial charge in [-0.05, 0) is 54.8 Å². The molecule has 6 heteroatoms. The van der Waals surface area contributed by atoms with Crippen molar-refractivity contribution in [3.63, 3.8) is 0 Å². The van der Waals surface area contributed by atoms with Gasteiger partial charge in [-0.2, -0.15) is 13.2 Å². The van der Waals surface area contributed by atoms with Crippen LogP contribution in [0.4, 0.5) is 13.2 Å². The first-order chi connectivity index (χ1) is 12.4. The number of rotatable bonds is 3. The first kappa shape index (κ1) is 18.5. The normalized spacial score (nSPS) is 20.6. The first-order valence-electron chi connectivity index (χ1n) is 8.64. The van der Waals surface area contributed by atoms with Crippen LogP contribution in [-0.2, 0) is 6.18 Å². The van der Waals surface area contributed by atoms with Crippen LogP contribution in [0.5, 0.6) is 0 Å². The van der Waals surface area contributed by atoms with Crippen LogP contribution >= 0.6 is 0 Å². The van der Waals surface area contributed by atoms with Gasteiger partial charge in [0.2, 0.25) is 0 Å². The van der Waals surface area contributed by atoms with E-state index in [2.05, 4.69) is 17.6 Å². The van der Waals surface area contributed by atoms with Crippen molar-refractivity contribution in [2.75, 3.05) is 13.1 Å². The molecule has 0 radical (unpaired) electrons. The zero-order chi connectivity index (χ0) is 18.7. The molecule has 0 saturated carbocycles. The summed E-state index contributed by atoms with van der Waals surface area (Å²) in [6.07, 6.45) is -3.52. The topological polar surface area (TPSA) is 41.1 Å². The highest BCUT2D eigenvalue weighted by atomic mass is 19.4. The number of piperidine rings is 1. The van der Waals surface area contributed by atoms with E-state index in [-0.39, 0.29) is 11.9 Å². The number of hydrogen-bond acceptors (Lipinski definition) is 2. The molecule has 1 amide bonds. The number of carbonyl (C=O) groups excluding carboxylic acids is 1. The minimum absolute atomic E-state index is 0.0874. The molecule has 2 unspecified atom stereocenters. The standard InChI is InChI=1S/C20H21F3N2O/c1-13-12-24-11-10-18(13)25-19(26)17-5-3-2-4-16(17)14-6-8-15(9-7-14)20(21,22)23/h2-9,13,18,24H,10-12H2,1H3,(H,25,26). The molecule has 3 nitrogen and oxygen atoms in total. The molecule has 1 aliphatic heterocycles. The largest absolute Gasteiger partial charge is 0.416 e. The number of carbonyl (C=O) groups is 1. The molecule has 2 N–H and O–H groups in total. The highest BCUT2D eigenvalue weighted by Crippen LogP contribution is 2.32. The highest BCUT2D eigenvalue weighted by molar-refractivity contribution is 6.01. The van der Waals surface area contributed by atoms with E-state index in [1.54, 1.807) is 24.3 Å². The fraction of sp³-hybridized carbons (Fsp3) is 0.350. The third-order valence-electron chi connectivity index (χ3n) is 4.80. The zero-order valence-corrected chi connectivity index (χ0v) is 14.4. The van der Waals surface area contributed by atoms with Crippen LogP contribution in [0.3, 0.4) is 0 Å². The molecule has 0 aromatic heterocycles. The molecule has 1 fully saturated rings. The van der Waals surface area contributed by atoms with Crippen molar-refractivity contribution in [2.24, 2.45) is 5.92 Å². The lowest BCUT2D eigenvalue weighted by Crippen LogP contribution is -2.48. The van der Waals surface area contributed by atoms with E-state index in [4.69, 9.17) is 0 Å². The van der Waals surface area contributed by atoms with E-state index in [0.29, 0.717) is 22.6 Å². The van der Waals surface area contributed by atoms with Crippen LogP contribution in [0.1, 0.15) is 29.3 Å². The average molecular weight is 362 g/mol. The summed E-state index contributed by atoms with van der Waals surface area (Å²) in [5.74, 6) is 0.130. The summed E-state index contributed by atoms with van der Waals surface area (Å²) >= 11 is 0. The number of amides is 1. The Bertz CT molecular complexity index is 771. The van der Waals surface area contributed by atoms with Gasteiger partial charge in [0.05, 0.1) is 5.56 Å². The van der Waals surface area contributed by atoms with E-state index in [1.807, 2.05) is 0 Å². The molecule has 2 atom stereocenters. The first-order valence-corrected chi connectivity index (χ1v) is 8.64. The molecular weight excluding hydrogens is 341 g/mol. The molecule has 138 valence electrons. The molecular formula is C20H21F3N2O. The van der Waals surface area contributed by atoms with Crippen molar-refractivity contribution >= 4 is 5.91 Å². The molecule has 26 heavy (non-hydrogen) atoms. The predicted octanol–water partition coefficient (Wildman–Crippen LogP) is 4.10. The molecule has 0 aliphatic carbocycles. The number of halogens is 3. The Morgan fingerprint density at radius 1 is 1.12 bits per heavy atom. The second kappa shape index (κ2) is 7.50. The molecule has 1 heterocycles. The lowest BCUT2D eigenvalue weighted by atomic mass is 9.94. The quantitative estimate of drug-likeness (QED) is 0.863.